The van der Waals surface area contributed by atoms with Crippen molar-refractivity contribution in [1.82, 2.24) is 5.32 Å². The monoisotopic (exact) mass is 868 g/mol. The fourth-order valence-corrected chi connectivity index (χ4v) is 7.15. The number of phosphoric acid groups is 1. The third kappa shape index (κ3) is 42.1. The zero-order valence-corrected chi connectivity index (χ0v) is 38.6. The van der Waals surface area contributed by atoms with Crippen LogP contribution in [0.2, 0.25) is 0 Å². The Hall–Kier alpha value is -2.56. The molecule has 3 atom stereocenters. The summed E-state index contributed by atoms with van der Waals surface area (Å²) in [4.78, 5) is 46.0. The molecule has 3 unspecified atom stereocenters. The number of carbonyl (C=O) groups excluding carboxylic acids is 2. The molecule has 1 amide bonds. The van der Waals surface area contributed by atoms with E-state index < -0.39 is 57.6 Å². The fraction of sp³-hybridized carbons (Fsp3) is 0.771. The van der Waals surface area contributed by atoms with Crippen molar-refractivity contribution >= 4 is 25.7 Å². The molecule has 0 saturated carbocycles. The second-order valence-corrected chi connectivity index (χ2v) is 17.4. The minimum absolute atomic E-state index is 0.139. The number of ether oxygens (including phenoxy) is 1. The quantitative estimate of drug-likeness (QED) is 0.0200. The Morgan fingerprint density at radius 2 is 0.917 bits per heavy atom. The van der Waals surface area contributed by atoms with Gasteiger partial charge in [0.05, 0.1) is 13.2 Å². The molecule has 0 saturated heterocycles. The van der Waals surface area contributed by atoms with Crippen LogP contribution < -0.4 is 5.32 Å². The Labute approximate surface area is 364 Å². The number of unbranched alkanes of at least 4 members (excludes halogenated alkanes) is 22. The number of carboxylic acids is 1. The first kappa shape index (κ1) is 57.4. The Kier molecular flexibility index (Phi) is 41.3. The summed E-state index contributed by atoms with van der Waals surface area (Å²) >= 11 is 0. The summed E-state index contributed by atoms with van der Waals surface area (Å²) in [6, 6.07) is -1.55. The lowest BCUT2D eigenvalue weighted by Gasteiger charge is -2.18. The zero-order valence-electron chi connectivity index (χ0n) is 37.8. The van der Waals surface area contributed by atoms with Crippen LogP contribution >= 0.6 is 7.82 Å². The van der Waals surface area contributed by atoms with E-state index in [1.807, 2.05) is 0 Å². The molecule has 0 aliphatic rings. The predicted octanol–water partition coefficient (Wildman–Crippen LogP) is 12.6. The van der Waals surface area contributed by atoms with Gasteiger partial charge in [0.25, 0.3) is 0 Å². The van der Waals surface area contributed by atoms with E-state index in [0.717, 1.165) is 83.5 Å². The van der Waals surface area contributed by atoms with Gasteiger partial charge in [-0.05, 0) is 77.0 Å². The maximum absolute atomic E-state index is 12.4. The van der Waals surface area contributed by atoms with Gasteiger partial charge in [0, 0.05) is 12.8 Å². The number of carbonyl (C=O) groups is 3. The number of esters is 1. The maximum Gasteiger partial charge on any atom is 0.472 e. The van der Waals surface area contributed by atoms with Crippen molar-refractivity contribution in [2.45, 2.75) is 219 Å². The van der Waals surface area contributed by atoms with Crippen molar-refractivity contribution in [2.75, 3.05) is 19.8 Å². The first-order chi connectivity index (χ1) is 29.1. The molecular formula is C48H86NO10P. The summed E-state index contributed by atoms with van der Waals surface area (Å²) < 4.78 is 26.9. The van der Waals surface area contributed by atoms with Crippen LogP contribution in [-0.2, 0) is 32.7 Å². The lowest BCUT2D eigenvalue weighted by Crippen LogP contribution is -2.43. The summed E-state index contributed by atoms with van der Waals surface area (Å²) in [5.41, 5.74) is 0. The Morgan fingerprint density at radius 3 is 1.42 bits per heavy atom. The van der Waals surface area contributed by atoms with E-state index >= 15 is 0 Å². The molecule has 0 bridgehead atoms. The van der Waals surface area contributed by atoms with Crippen molar-refractivity contribution in [2.24, 2.45) is 0 Å². The second-order valence-electron chi connectivity index (χ2n) is 15.9. The number of phosphoric ester groups is 1. The molecule has 0 radical (unpaired) electrons. The topological polar surface area (TPSA) is 169 Å². The van der Waals surface area contributed by atoms with Gasteiger partial charge in [-0.3, -0.25) is 18.6 Å². The minimum Gasteiger partial charge on any atom is -0.480 e. The summed E-state index contributed by atoms with van der Waals surface area (Å²) in [5, 5.41) is 21.9. The average Bonchev–Trinajstić information content (AvgIpc) is 3.22. The molecule has 0 rings (SSSR count). The largest absolute Gasteiger partial charge is 0.480 e. The highest BCUT2D eigenvalue weighted by Crippen LogP contribution is 2.43. The van der Waals surface area contributed by atoms with E-state index in [0.29, 0.717) is 12.8 Å². The highest BCUT2D eigenvalue weighted by atomic mass is 31.2. The number of allylic oxidation sites excluding steroid dienone is 8. The van der Waals surface area contributed by atoms with E-state index in [1.54, 1.807) is 0 Å². The number of hydrogen-bond donors (Lipinski definition) is 4. The first-order valence-electron chi connectivity index (χ1n) is 23.7. The van der Waals surface area contributed by atoms with E-state index in [1.165, 1.54) is 83.5 Å². The van der Waals surface area contributed by atoms with Crippen LogP contribution in [0.4, 0.5) is 0 Å². The van der Waals surface area contributed by atoms with Crippen molar-refractivity contribution in [3.63, 3.8) is 0 Å². The molecule has 11 nitrogen and oxygen atoms in total. The summed E-state index contributed by atoms with van der Waals surface area (Å²) in [6.07, 6.45) is 48.4. The van der Waals surface area contributed by atoms with Crippen LogP contribution in [0.3, 0.4) is 0 Å². The number of carboxylic acid groups (broad SMARTS) is 1. The molecule has 0 aliphatic heterocycles. The summed E-state index contributed by atoms with van der Waals surface area (Å²) in [7, 11) is -4.76. The van der Waals surface area contributed by atoms with Gasteiger partial charge in [0.2, 0.25) is 5.91 Å². The van der Waals surface area contributed by atoms with Gasteiger partial charge in [-0.25, -0.2) is 9.36 Å². The summed E-state index contributed by atoms with van der Waals surface area (Å²) in [5.74, 6) is -2.39. The molecule has 4 N–H and O–H groups in total. The third-order valence-electron chi connectivity index (χ3n) is 10.1. The number of aliphatic carboxylic acids is 1. The van der Waals surface area contributed by atoms with Gasteiger partial charge in [-0.1, -0.05) is 165 Å². The Balaban J connectivity index is 3.87. The van der Waals surface area contributed by atoms with Gasteiger partial charge in [0.15, 0.2) is 6.04 Å². The number of nitrogens with one attached hydrogen (secondary N) is 1. The van der Waals surface area contributed by atoms with Gasteiger partial charge in [-0.2, -0.15) is 0 Å². The number of hydrogen-bond acceptors (Lipinski definition) is 8. The standard InChI is InChI=1S/C48H86NO10P/c1-3-5-7-9-11-13-15-17-18-19-20-21-22-23-24-25-26-28-29-31-33-35-37-39-46(51)49-45(48(53)54)43-59-60(55,56)58-42-44(50)41-57-47(52)40-38-36-34-32-30-27-16-14-12-10-8-6-4-2/h11,13-14,16-18,20-21,44-45,50H,3-10,12,15,19,22-43H2,1-2H3,(H,49,51)(H,53,54)(H,55,56)/b13-11-,16-14-,18-17-,21-20-. The molecule has 0 aromatic rings. The zero-order chi connectivity index (χ0) is 44.2. The Morgan fingerprint density at radius 1 is 0.533 bits per heavy atom. The van der Waals surface area contributed by atoms with Crippen molar-refractivity contribution in [3.05, 3.63) is 48.6 Å². The maximum atomic E-state index is 12.4. The van der Waals surface area contributed by atoms with Crippen molar-refractivity contribution in [3.8, 4) is 0 Å². The molecule has 0 aromatic carbocycles. The molecule has 0 heterocycles. The first-order valence-corrected chi connectivity index (χ1v) is 25.2. The lowest BCUT2D eigenvalue weighted by molar-refractivity contribution is -0.147. The predicted molar refractivity (Wildman–Crippen MR) is 245 cm³/mol. The minimum atomic E-state index is -4.76. The SMILES string of the molecule is CCCCC/C=C\C/C=C\C/C=C\CCCCCCCCCCCCC(=O)NC(COP(=O)(O)OCC(O)COC(=O)CCCCCCC/C=C\CCCCCC)C(=O)O. The molecule has 0 fully saturated rings. The Bertz CT molecular complexity index is 1200. The normalized spacial score (nSPS) is 14.1. The smallest absolute Gasteiger partial charge is 0.472 e. The van der Waals surface area contributed by atoms with Crippen LogP contribution in [0.1, 0.15) is 206 Å². The molecule has 12 heteroatoms. The van der Waals surface area contributed by atoms with E-state index in [9.17, 15) is 34.1 Å². The van der Waals surface area contributed by atoms with Gasteiger partial charge >= 0.3 is 19.8 Å². The van der Waals surface area contributed by atoms with E-state index in [4.69, 9.17) is 13.8 Å². The molecule has 0 spiro atoms. The molecule has 0 aliphatic carbocycles. The van der Waals surface area contributed by atoms with Crippen molar-refractivity contribution in [1.29, 1.82) is 0 Å². The number of amides is 1. The molecule has 60 heavy (non-hydrogen) atoms. The highest BCUT2D eigenvalue weighted by Gasteiger charge is 2.28. The van der Waals surface area contributed by atoms with Crippen molar-refractivity contribution < 1.29 is 47.8 Å². The second kappa shape index (κ2) is 43.1. The molecule has 0 aromatic heterocycles. The van der Waals surface area contributed by atoms with Gasteiger partial charge in [-0.15, -0.1) is 0 Å². The summed E-state index contributed by atoms with van der Waals surface area (Å²) in [6.45, 7) is 2.55. The van der Waals surface area contributed by atoms with Gasteiger partial charge in [0.1, 0.15) is 12.7 Å². The van der Waals surface area contributed by atoms with E-state index in [2.05, 4.69) is 67.8 Å². The molecular weight excluding hydrogens is 781 g/mol. The van der Waals surface area contributed by atoms with E-state index in [-0.39, 0.29) is 12.8 Å². The third-order valence-corrected chi connectivity index (χ3v) is 11.0. The van der Waals surface area contributed by atoms with Crippen LogP contribution in [0.15, 0.2) is 48.6 Å². The van der Waals surface area contributed by atoms with Crippen LogP contribution in [0.25, 0.3) is 0 Å². The average molecular weight is 868 g/mol. The fourth-order valence-electron chi connectivity index (χ4n) is 6.38. The van der Waals surface area contributed by atoms with Crippen LogP contribution in [0.5, 0.6) is 0 Å². The highest BCUT2D eigenvalue weighted by molar-refractivity contribution is 7.47. The lowest BCUT2D eigenvalue weighted by atomic mass is 10.0. The number of aliphatic hydroxyl groups is 1. The van der Waals surface area contributed by atoms with Gasteiger partial charge < -0.3 is 25.2 Å². The van der Waals surface area contributed by atoms with Crippen LogP contribution in [-0.4, -0.2) is 64.9 Å². The van der Waals surface area contributed by atoms with Crippen LogP contribution in [0, 0.1) is 0 Å². The number of aliphatic hydroxyl groups excluding tert-OH is 1. The molecule has 348 valence electrons. The number of rotatable bonds is 44.